The zero-order valence-corrected chi connectivity index (χ0v) is 18.8. The van der Waals surface area contributed by atoms with Crippen LogP contribution in [0.1, 0.15) is 69.4 Å². The van der Waals surface area contributed by atoms with Crippen LogP contribution in [0.3, 0.4) is 0 Å². The van der Waals surface area contributed by atoms with Crippen molar-refractivity contribution < 1.29 is 4.52 Å². The van der Waals surface area contributed by atoms with Gasteiger partial charge in [-0.2, -0.15) is 4.98 Å². The molecule has 4 nitrogen and oxygen atoms in total. The molecule has 0 saturated heterocycles. The largest absolute Gasteiger partial charge is 0.334 e. The number of nitrogens with zero attached hydrogens (tertiary/aromatic N) is 2. The van der Waals surface area contributed by atoms with Crippen LogP contribution in [-0.4, -0.2) is 10.1 Å². The molecule has 3 rings (SSSR count). The molecule has 0 aliphatic heterocycles. The van der Waals surface area contributed by atoms with Gasteiger partial charge in [-0.15, -0.1) is 12.4 Å². The van der Waals surface area contributed by atoms with Crippen LogP contribution in [0.5, 0.6) is 0 Å². The van der Waals surface area contributed by atoms with Crippen LogP contribution in [0.4, 0.5) is 0 Å². The second-order valence-corrected chi connectivity index (χ2v) is 7.75. The van der Waals surface area contributed by atoms with Crippen LogP contribution in [0.2, 0.25) is 0 Å². The first kappa shape index (κ1) is 24.1. The molecule has 2 aromatic carbocycles. The Kier molecular flexibility index (Phi) is 10.6. The summed E-state index contributed by atoms with van der Waals surface area (Å²) in [6, 6.07) is 16.4. The average Bonchev–Trinajstić information content (AvgIpc) is 3.26. The molecule has 0 aliphatic rings. The van der Waals surface area contributed by atoms with Crippen LogP contribution < -0.4 is 5.73 Å². The van der Waals surface area contributed by atoms with Gasteiger partial charge < -0.3 is 10.3 Å². The molecule has 0 unspecified atom stereocenters. The lowest BCUT2D eigenvalue weighted by Gasteiger charge is -2.03. The summed E-state index contributed by atoms with van der Waals surface area (Å²) in [5.41, 5.74) is 10.0. The third-order valence-electron chi connectivity index (χ3n) is 5.37. The molecule has 30 heavy (non-hydrogen) atoms. The first-order valence-electron chi connectivity index (χ1n) is 11.0. The summed E-state index contributed by atoms with van der Waals surface area (Å²) >= 11 is 0. The van der Waals surface area contributed by atoms with E-state index in [-0.39, 0.29) is 12.4 Å². The van der Waals surface area contributed by atoms with Crippen LogP contribution in [0.15, 0.2) is 53.1 Å². The highest BCUT2D eigenvalue weighted by atomic mass is 35.5. The fourth-order valence-corrected chi connectivity index (χ4v) is 3.57. The average molecular weight is 428 g/mol. The normalized spacial score (nSPS) is 10.7. The standard InChI is InChI=1S/C25H33N3O.ClH/c1-2-3-4-5-6-7-8-9-11-20-14-16-22(17-15-20)24-27-25(29-28-24)23-13-10-12-21(18-23)19-26;/h10,12-18H,2-9,11,19,26H2,1H3;1H. The van der Waals surface area contributed by atoms with E-state index in [2.05, 4.69) is 41.3 Å². The summed E-state index contributed by atoms with van der Waals surface area (Å²) < 4.78 is 5.46. The highest BCUT2D eigenvalue weighted by Crippen LogP contribution is 2.23. The van der Waals surface area contributed by atoms with Gasteiger partial charge in [0.25, 0.3) is 5.89 Å². The lowest BCUT2D eigenvalue weighted by molar-refractivity contribution is 0.432. The predicted molar refractivity (Wildman–Crippen MR) is 127 cm³/mol. The number of hydrogen-bond donors (Lipinski definition) is 1. The van der Waals surface area contributed by atoms with Gasteiger partial charge in [-0.25, -0.2) is 0 Å². The van der Waals surface area contributed by atoms with Crippen molar-refractivity contribution in [1.82, 2.24) is 10.1 Å². The Bertz CT molecular complexity index is 861. The van der Waals surface area contributed by atoms with Crippen molar-refractivity contribution >= 4 is 12.4 Å². The van der Waals surface area contributed by atoms with Crippen LogP contribution in [-0.2, 0) is 13.0 Å². The molecule has 1 aromatic heterocycles. The zero-order chi connectivity index (χ0) is 20.3. The smallest absolute Gasteiger partial charge is 0.258 e. The van der Waals surface area contributed by atoms with Gasteiger partial charge in [-0.05, 0) is 36.1 Å². The summed E-state index contributed by atoms with van der Waals surface area (Å²) in [4.78, 5) is 4.55. The fraction of sp³-hybridized carbons (Fsp3) is 0.440. The molecule has 0 bridgehead atoms. The Morgan fingerprint density at radius 2 is 1.50 bits per heavy atom. The van der Waals surface area contributed by atoms with Gasteiger partial charge in [-0.1, -0.05) is 93.4 Å². The second kappa shape index (κ2) is 13.2. The molecule has 0 aliphatic carbocycles. The van der Waals surface area contributed by atoms with E-state index in [0.29, 0.717) is 18.3 Å². The second-order valence-electron chi connectivity index (χ2n) is 7.75. The first-order chi connectivity index (χ1) is 14.3. The van der Waals surface area contributed by atoms with Gasteiger partial charge in [0.05, 0.1) is 0 Å². The number of hydrogen-bond acceptors (Lipinski definition) is 4. The molecular formula is C25H34ClN3O. The molecule has 0 fully saturated rings. The molecule has 3 aromatic rings. The maximum absolute atomic E-state index is 5.72. The van der Waals surface area contributed by atoms with Crippen LogP contribution >= 0.6 is 12.4 Å². The molecule has 0 atom stereocenters. The molecule has 0 spiro atoms. The molecule has 0 amide bonds. The SMILES string of the molecule is CCCCCCCCCCc1ccc(-c2noc(-c3cccc(CN)c3)n2)cc1.Cl. The lowest BCUT2D eigenvalue weighted by Crippen LogP contribution is -1.95. The van der Waals surface area contributed by atoms with Gasteiger partial charge in [-0.3, -0.25) is 0 Å². The minimum Gasteiger partial charge on any atom is -0.334 e. The number of rotatable bonds is 12. The molecule has 162 valence electrons. The highest BCUT2D eigenvalue weighted by molar-refractivity contribution is 5.85. The number of aromatic nitrogens is 2. The molecule has 5 heteroatoms. The number of aryl methyl sites for hydroxylation is 1. The Hall–Kier alpha value is -2.17. The van der Waals surface area contributed by atoms with Gasteiger partial charge in [0, 0.05) is 17.7 Å². The summed E-state index contributed by atoms with van der Waals surface area (Å²) in [7, 11) is 0. The Balaban J connectivity index is 0.00000320. The molecular weight excluding hydrogens is 394 g/mol. The van der Waals surface area contributed by atoms with Gasteiger partial charge in [0.15, 0.2) is 0 Å². The summed E-state index contributed by atoms with van der Waals surface area (Å²) in [5.74, 6) is 1.15. The monoisotopic (exact) mass is 427 g/mol. The van der Waals surface area contributed by atoms with E-state index in [1.165, 1.54) is 56.9 Å². The van der Waals surface area contributed by atoms with Gasteiger partial charge >= 0.3 is 0 Å². The number of unbranched alkanes of at least 4 members (excludes halogenated alkanes) is 7. The van der Waals surface area contributed by atoms with Crippen molar-refractivity contribution in [1.29, 1.82) is 0 Å². The topological polar surface area (TPSA) is 64.9 Å². The van der Waals surface area contributed by atoms with Crippen molar-refractivity contribution in [2.24, 2.45) is 5.73 Å². The van der Waals surface area contributed by atoms with Crippen molar-refractivity contribution in [3.63, 3.8) is 0 Å². The maximum Gasteiger partial charge on any atom is 0.258 e. The van der Waals surface area contributed by atoms with E-state index in [1.54, 1.807) is 0 Å². The first-order valence-corrected chi connectivity index (χ1v) is 11.0. The summed E-state index contributed by atoms with van der Waals surface area (Å²) in [6.07, 6.45) is 12.0. The zero-order valence-electron chi connectivity index (χ0n) is 18.0. The molecule has 1 heterocycles. The third kappa shape index (κ3) is 7.26. The van der Waals surface area contributed by atoms with Crippen LogP contribution in [0.25, 0.3) is 22.8 Å². The van der Waals surface area contributed by atoms with Crippen molar-refractivity contribution in [2.45, 2.75) is 71.3 Å². The molecule has 2 N–H and O–H groups in total. The minimum absolute atomic E-state index is 0. The quantitative estimate of drug-likeness (QED) is 0.317. The molecule has 0 saturated carbocycles. The maximum atomic E-state index is 5.72. The van der Waals surface area contributed by atoms with E-state index in [9.17, 15) is 0 Å². The van der Waals surface area contributed by atoms with E-state index in [0.717, 1.165) is 23.1 Å². The van der Waals surface area contributed by atoms with E-state index < -0.39 is 0 Å². The van der Waals surface area contributed by atoms with Crippen LogP contribution in [0, 0.1) is 0 Å². The van der Waals surface area contributed by atoms with Crippen molar-refractivity contribution in [3.05, 3.63) is 59.7 Å². The Morgan fingerprint density at radius 3 is 2.20 bits per heavy atom. The number of benzene rings is 2. The summed E-state index contributed by atoms with van der Waals surface area (Å²) in [5, 5.41) is 4.15. The Labute approximate surface area is 186 Å². The van der Waals surface area contributed by atoms with E-state index in [4.69, 9.17) is 10.3 Å². The summed E-state index contributed by atoms with van der Waals surface area (Å²) in [6.45, 7) is 2.76. The van der Waals surface area contributed by atoms with Gasteiger partial charge in [0.1, 0.15) is 0 Å². The van der Waals surface area contributed by atoms with Crippen molar-refractivity contribution in [2.75, 3.05) is 0 Å². The molecule has 0 radical (unpaired) electrons. The van der Waals surface area contributed by atoms with Crippen molar-refractivity contribution in [3.8, 4) is 22.8 Å². The third-order valence-corrected chi connectivity index (χ3v) is 5.37. The predicted octanol–water partition coefficient (Wildman–Crippen LogP) is 6.97. The minimum atomic E-state index is 0. The fourth-order valence-electron chi connectivity index (χ4n) is 3.57. The lowest BCUT2D eigenvalue weighted by atomic mass is 10.0. The number of nitrogens with two attached hydrogens (primary N) is 1. The van der Waals surface area contributed by atoms with E-state index >= 15 is 0 Å². The highest BCUT2D eigenvalue weighted by Gasteiger charge is 2.11. The number of halogens is 1. The van der Waals surface area contributed by atoms with E-state index in [1.807, 2.05) is 24.3 Å². The Morgan fingerprint density at radius 1 is 0.800 bits per heavy atom. The van der Waals surface area contributed by atoms with Gasteiger partial charge in [0.2, 0.25) is 5.82 Å².